The van der Waals surface area contributed by atoms with Gasteiger partial charge in [-0.3, -0.25) is 4.79 Å². The van der Waals surface area contributed by atoms with E-state index in [-0.39, 0.29) is 12.0 Å². The van der Waals surface area contributed by atoms with Gasteiger partial charge in [0.1, 0.15) is 11.5 Å². The van der Waals surface area contributed by atoms with E-state index in [9.17, 15) is 4.79 Å². The Morgan fingerprint density at radius 3 is 2.48 bits per heavy atom. The van der Waals surface area contributed by atoms with E-state index in [1.165, 1.54) is 5.56 Å². The standard InChI is InChI=1S/C22H28ClNO3/c1-16(2)26-20-9-5-7-17(15-20)8-6-14-24-21(25)22(3,4)27-19-12-10-18(23)11-13-19/h5,7,9-13,15-16H,6,8,14H2,1-4H3,(H,24,25). The molecule has 0 atom stereocenters. The molecule has 0 saturated heterocycles. The van der Waals surface area contributed by atoms with Crippen molar-refractivity contribution in [2.45, 2.75) is 52.2 Å². The molecule has 0 radical (unpaired) electrons. The molecule has 1 amide bonds. The van der Waals surface area contributed by atoms with Crippen LogP contribution >= 0.6 is 11.6 Å². The van der Waals surface area contributed by atoms with E-state index in [4.69, 9.17) is 21.1 Å². The first-order valence-corrected chi connectivity index (χ1v) is 9.62. The Morgan fingerprint density at radius 2 is 1.81 bits per heavy atom. The Kier molecular flexibility index (Phi) is 7.55. The summed E-state index contributed by atoms with van der Waals surface area (Å²) in [7, 11) is 0. The monoisotopic (exact) mass is 389 g/mol. The summed E-state index contributed by atoms with van der Waals surface area (Å²) >= 11 is 5.87. The highest BCUT2D eigenvalue weighted by Gasteiger charge is 2.29. The number of amides is 1. The fraction of sp³-hybridized carbons (Fsp3) is 0.409. The van der Waals surface area contributed by atoms with Gasteiger partial charge in [0, 0.05) is 11.6 Å². The van der Waals surface area contributed by atoms with Gasteiger partial charge in [-0.25, -0.2) is 0 Å². The second-order valence-corrected chi connectivity index (χ2v) is 7.68. The van der Waals surface area contributed by atoms with Crippen molar-refractivity contribution in [1.82, 2.24) is 5.32 Å². The third-order valence-corrected chi connectivity index (χ3v) is 4.18. The molecule has 0 aromatic heterocycles. The SMILES string of the molecule is CC(C)Oc1cccc(CCCNC(=O)C(C)(C)Oc2ccc(Cl)cc2)c1. The molecule has 0 aliphatic rings. The van der Waals surface area contributed by atoms with Gasteiger partial charge >= 0.3 is 0 Å². The summed E-state index contributed by atoms with van der Waals surface area (Å²) in [4.78, 5) is 12.4. The third kappa shape index (κ3) is 7.14. The van der Waals surface area contributed by atoms with E-state index in [1.807, 2.05) is 26.0 Å². The molecule has 0 saturated carbocycles. The molecule has 4 nitrogen and oxygen atoms in total. The Morgan fingerprint density at radius 1 is 1.11 bits per heavy atom. The van der Waals surface area contributed by atoms with E-state index < -0.39 is 5.60 Å². The topological polar surface area (TPSA) is 47.6 Å². The molecule has 146 valence electrons. The van der Waals surface area contributed by atoms with Crippen molar-refractivity contribution in [3.05, 3.63) is 59.1 Å². The van der Waals surface area contributed by atoms with Crippen LogP contribution in [0.4, 0.5) is 0 Å². The minimum atomic E-state index is -0.959. The highest BCUT2D eigenvalue weighted by atomic mass is 35.5. The second kappa shape index (κ2) is 9.65. The first-order chi connectivity index (χ1) is 12.8. The lowest BCUT2D eigenvalue weighted by Gasteiger charge is -2.25. The Bertz CT molecular complexity index is 741. The summed E-state index contributed by atoms with van der Waals surface area (Å²) in [5.41, 5.74) is 0.234. The number of carbonyl (C=O) groups is 1. The van der Waals surface area contributed by atoms with Gasteiger partial charge in [0.15, 0.2) is 5.60 Å². The number of aryl methyl sites for hydroxylation is 1. The first kappa shape index (κ1) is 21.1. The average molecular weight is 390 g/mol. The molecular formula is C22H28ClNO3. The second-order valence-electron chi connectivity index (χ2n) is 7.24. The van der Waals surface area contributed by atoms with Crippen LogP contribution in [0.2, 0.25) is 5.02 Å². The van der Waals surface area contributed by atoms with Crippen molar-refractivity contribution in [1.29, 1.82) is 0 Å². The molecule has 0 aliphatic carbocycles. The maximum absolute atomic E-state index is 12.4. The molecule has 0 bridgehead atoms. The van der Waals surface area contributed by atoms with Crippen molar-refractivity contribution < 1.29 is 14.3 Å². The number of halogens is 1. The van der Waals surface area contributed by atoms with Crippen LogP contribution in [-0.2, 0) is 11.2 Å². The zero-order valence-corrected chi connectivity index (χ0v) is 17.2. The van der Waals surface area contributed by atoms with Gasteiger partial charge < -0.3 is 14.8 Å². The molecule has 0 heterocycles. The Balaban J connectivity index is 1.78. The molecule has 5 heteroatoms. The normalized spacial score (nSPS) is 11.3. The smallest absolute Gasteiger partial charge is 0.263 e. The zero-order valence-electron chi connectivity index (χ0n) is 16.4. The van der Waals surface area contributed by atoms with Crippen molar-refractivity contribution >= 4 is 17.5 Å². The lowest BCUT2D eigenvalue weighted by Crippen LogP contribution is -2.46. The number of carbonyl (C=O) groups excluding carboxylic acids is 1. The van der Waals surface area contributed by atoms with Crippen LogP contribution in [0.1, 0.15) is 39.7 Å². The highest BCUT2D eigenvalue weighted by Crippen LogP contribution is 2.21. The number of hydrogen-bond acceptors (Lipinski definition) is 3. The van der Waals surface area contributed by atoms with Gasteiger partial charge in [0.05, 0.1) is 6.10 Å². The van der Waals surface area contributed by atoms with E-state index in [1.54, 1.807) is 38.1 Å². The maximum Gasteiger partial charge on any atom is 0.263 e. The number of nitrogens with one attached hydrogen (secondary N) is 1. The molecule has 0 spiro atoms. The molecule has 0 unspecified atom stereocenters. The predicted molar refractivity (Wildman–Crippen MR) is 110 cm³/mol. The summed E-state index contributed by atoms with van der Waals surface area (Å²) in [6.07, 6.45) is 1.87. The van der Waals surface area contributed by atoms with Crippen molar-refractivity contribution in [2.75, 3.05) is 6.54 Å². The van der Waals surface area contributed by atoms with Gasteiger partial charge in [0.25, 0.3) is 5.91 Å². The summed E-state index contributed by atoms with van der Waals surface area (Å²) in [5.74, 6) is 1.35. The number of benzene rings is 2. The van der Waals surface area contributed by atoms with Crippen LogP contribution in [0.3, 0.4) is 0 Å². The molecule has 0 aliphatic heterocycles. The van der Waals surface area contributed by atoms with Crippen LogP contribution < -0.4 is 14.8 Å². The quantitative estimate of drug-likeness (QED) is 0.611. The van der Waals surface area contributed by atoms with Crippen molar-refractivity contribution in [3.8, 4) is 11.5 Å². The fourth-order valence-corrected chi connectivity index (χ4v) is 2.72. The lowest BCUT2D eigenvalue weighted by molar-refractivity contribution is -0.134. The van der Waals surface area contributed by atoms with Crippen molar-refractivity contribution in [2.24, 2.45) is 0 Å². The molecule has 2 aromatic carbocycles. The van der Waals surface area contributed by atoms with E-state index in [2.05, 4.69) is 17.4 Å². The predicted octanol–water partition coefficient (Wildman–Crippen LogP) is 5.03. The number of rotatable bonds is 9. The molecule has 1 N–H and O–H groups in total. The summed E-state index contributed by atoms with van der Waals surface area (Å²) in [6, 6.07) is 15.1. The minimum absolute atomic E-state index is 0.144. The van der Waals surface area contributed by atoms with Gasteiger partial charge in [-0.2, -0.15) is 0 Å². The van der Waals surface area contributed by atoms with Gasteiger partial charge in [-0.15, -0.1) is 0 Å². The summed E-state index contributed by atoms with van der Waals surface area (Å²) in [5, 5.41) is 3.58. The molecule has 2 aromatic rings. The fourth-order valence-electron chi connectivity index (χ4n) is 2.60. The zero-order chi connectivity index (χ0) is 19.9. The summed E-state index contributed by atoms with van der Waals surface area (Å²) < 4.78 is 11.5. The van der Waals surface area contributed by atoms with Crippen LogP contribution in [0.5, 0.6) is 11.5 Å². The minimum Gasteiger partial charge on any atom is -0.491 e. The highest BCUT2D eigenvalue weighted by molar-refractivity contribution is 6.30. The van der Waals surface area contributed by atoms with Crippen LogP contribution in [0.15, 0.2) is 48.5 Å². The maximum atomic E-state index is 12.4. The molecular weight excluding hydrogens is 362 g/mol. The third-order valence-electron chi connectivity index (χ3n) is 3.93. The van der Waals surface area contributed by atoms with E-state index >= 15 is 0 Å². The van der Waals surface area contributed by atoms with Crippen molar-refractivity contribution in [3.63, 3.8) is 0 Å². The Hall–Kier alpha value is -2.20. The van der Waals surface area contributed by atoms with Gasteiger partial charge in [-0.1, -0.05) is 23.7 Å². The molecule has 27 heavy (non-hydrogen) atoms. The number of ether oxygens (including phenoxy) is 2. The van der Waals surface area contributed by atoms with E-state index in [0.29, 0.717) is 17.3 Å². The van der Waals surface area contributed by atoms with Crippen LogP contribution in [-0.4, -0.2) is 24.2 Å². The Labute approximate surface area is 166 Å². The largest absolute Gasteiger partial charge is 0.491 e. The van der Waals surface area contributed by atoms with Gasteiger partial charge in [-0.05, 0) is 82.5 Å². The number of hydrogen-bond donors (Lipinski definition) is 1. The first-order valence-electron chi connectivity index (χ1n) is 9.25. The van der Waals surface area contributed by atoms with Gasteiger partial charge in [0.2, 0.25) is 0 Å². The van der Waals surface area contributed by atoms with Crippen LogP contribution in [0.25, 0.3) is 0 Å². The van der Waals surface area contributed by atoms with E-state index in [0.717, 1.165) is 18.6 Å². The molecule has 0 fully saturated rings. The van der Waals surface area contributed by atoms with Crippen LogP contribution in [0, 0.1) is 0 Å². The summed E-state index contributed by atoms with van der Waals surface area (Å²) in [6.45, 7) is 8.11. The lowest BCUT2D eigenvalue weighted by atomic mass is 10.1. The molecule has 2 rings (SSSR count). The average Bonchev–Trinajstić information content (AvgIpc) is 2.60.